The molecular formula is C9H12O2S. The predicted molar refractivity (Wildman–Crippen MR) is 49.5 cm³/mol. The van der Waals surface area contributed by atoms with Crippen LogP contribution < -0.4 is 0 Å². The lowest BCUT2D eigenvalue weighted by atomic mass is 9.95. The maximum Gasteiger partial charge on any atom is 0.312 e. The van der Waals surface area contributed by atoms with Gasteiger partial charge in [-0.25, -0.2) is 0 Å². The van der Waals surface area contributed by atoms with Crippen molar-refractivity contribution >= 4 is 17.3 Å². The van der Waals surface area contributed by atoms with E-state index in [0.29, 0.717) is 0 Å². The number of carbonyl (C=O) groups is 1. The molecule has 0 radical (unpaired) electrons. The van der Waals surface area contributed by atoms with Crippen molar-refractivity contribution in [1.82, 2.24) is 0 Å². The molecule has 1 aromatic heterocycles. The summed E-state index contributed by atoms with van der Waals surface area (Å²) >= 11 is 1.51. The molecule has 0 spiro atoms. The first-order valence-corrected chi connectivity index (χ1v) is 4.77. The molecular weight excluding hydrogens is 172 g/mol. The lowest BCUT2D eigenvalue weighted by molar-refractivity contribution is -0.139. The molecule has 1 rings (SSSR count). The zero-order valence-electron chi connectivity index (χ0n) is 7.15. The monoisotopic (exact) mass is 184 g/mol. The van der Waals surface area contributed by atoms with E-state index >= 15 is 0 Å². The van der Waals surface area contributed by atoms with E-state index in [1.54, 1.807) is 0 Å². The summed E-state index contributed by atoms with van der Waals surface area (Å²) < 4.78 is 0. The molecule has 0 amide bonds. The Kier molecular flexibility index (Phi) is 2.87. The number of thiophene rings is 1. The normalized spacial score (nSPS) is 13.2. The molecule has 2 nitrogen and oxygen atoms in total. The second-order valence-corrected chi connectivity index (χ2v) is 4.05. The van der Waals surface area contributed by atoms with Crippen LogP contribution in [0.2, 0.25) is 0 Å². The van der Waals surface area contributed by atoms with Crippen LogP contribution >= 0.6 is 11.3 Å². The van der Waals surface area contributed by atoms with Crippen LogP contribution in [0.1, 0.15) is 24.6 Å². The zero-order chi connectivity index (χ0) is 9.14. The van der Waals surface area contributed by atoms with E-state index < -0.39 is 5.97 Å². The van der Waals surface area contributed by atoms with Gasteiger partial charge in [-0.1, -0.05) is 19.9 Å². The Balaban J connectivity index is 2.88. The van der Waals surface area contributed by atoms with E-state index in [2.05, 4.69) is 0 Å². The van der Waals surface area contributed by atoms with Gasteiger partial charge in [0.15, 0.2) is 0 Å². The van der Waals surface area contributed by atoms with Gasteiger partial charge in [0.2, 0.25) is 0 Å². The number of hydrogen-bond acceptors (Lipinski definition) is 2. The standard InChI is InChI=1S/C9H12O2S/c1-6(2)8(9(10)11)7-4-3-5-12-7/h3-6,8H,1-2H3,(H,10,11). The molecule has 0 bridgehead atoms. The molecule has 0 fully saturated rings. The highest BCUT2D eigenvalue weighted by atomic mass is 32.1. The summed E-state index contributed by atoms with van der Waals surface area (Å²) in [5.41, 5.74) is 0. The lowest BCUT2D eigenvalue weighted by Crippen LogP contribution is -2.15. The summed E-state index contributed by atoms with van der Waals surface area (Å²) in [5, 5.41) is 10.8. The average Bonchev–Trinajstić information content (AvgIpc) is 2.37. The van der Waals surface area contributed by atoms with Gasteiger partial charge < -0.3 is 5.11 Å². The van der Waals surface area contributed by atoms with Crippen LogP contribution in [0.25, 0.3) is 0 Å². The molecule has 0 saturated heterocycles. The maximum absolute atomic E-state index is 10.8. The van der Waals surface area contributed by atoms with E-state index in [1.807, 2.05) is 31.4 Å². The summed E-state index contributed by atoms with van der Waals surface area (Å²) in [6.07, 6.45) is 0. The van der Waals surface area contributed by atoms with Gasteiger partial charge >= 0.3 is 5.97 Å². The smallest absolute Gasteiger partial charge is 0.312 e. The van der Waals surface area contributed by atoms with Gasteiger partial charge in [0.1, 0.15) is 0 Å². The van der Waals surface area contributed by atoms with E-state index in [1.165, 1.54) is 11.3 Å². The molecule has 0 aromatic carbocycles. The Morgan fingerprint density at radius 1 is 1.58 bits per heavy atom. The average molecular weight is 184 g/mol. The first-order valence-electron chi connectivity index (χ1n) is 3.89. The molecule has 0 aliphatic carbocycles. The number of carboxylic acids is 1. The first kappa shape index (κ1) is 9.26. The fraction of sp³-hybridized carbons (Fsp3) is 0.444. The minimum atomic E-state index is -0.729. The van der Waals surface area contributed by atoms with Gasteiger partial charge in [-0.15, -0.1) is 11.3 Å². The zero-order valence-corrected chi connectivity index (χ0v) is 7.97. The minimum absolute atomic E-state index is 0.154. The molecule has 0 aliphatic rings. The fourth-order valence-corrected chi connectivity index (χ4v) is 2.19. The maximum atomic E-state index is 10.8. The third-order valence-electron chi connectivity index (χ3n) is 1.78. The largest absolute Gasteiger partial charge is 0.481 e. The molecule has 12 heavy (non-hydrogen) atoms. The van der Waals surface area contributed by atoms with Crippen molar-refractivity contribution < 1.29 is 9.90 Å². The number of rotatable bonds is 3. The van der Waals surface area contributed by atoms with Crippen molar-refractivity contribution in [2.24, 2.45) is 5.92 Å². The second kappa shape index (κ2) is 3.72. The number of carboxylic acid groups (broad SMARTS) is 1. The van der Waals surface area contributed by atoms with Crippen LogP contribution in [0.5, 0.6) is 0 Å². The Morgan fingerprint density at radius 2 is 2.25 bits per heavy atom. The Bertz CT molecular complexity index is 252. The summed E-state index contributed by atoms with van der Waals surface area (Å²) in [4.78, 5) is 11.8. The number of aliphatic carboxylic acids is 1. The first-order chi connectivity index (χ1) is 5.63. The van der Waals surface area contributed by atoms with Crippen molar-refractivity contribution in [1.29, 1.82) is 0 Å². The van der Waals surface area contributed by atoms with E-state index in [0.717, 1.165) is 4.88 Å². The quantitative estimate of drug-likeness (QED) is 0.784. The fourth-order valence-electron chi connectivity index (χ4n) is 1.20. The topological polar surface area (TPSA) is 37.3 Å². The minimum Gasteiger partial charge on any atom is -0.481 e. The van der Waals surface area contributed by atoms with Crippen LogP contribution in [-0.4, -0.2) is 11.1 Å². The summed E-state index contributed by atoms with van der Waals surface area (Å²) in [6, 6.07) is 3.77. The Labute approximate surface area is 75.9 Å². The molecule has 1 atom stereocenters. The molecule has 1 heterocycles. The van der Waals surface area contributed by atoms with Crippen molar-refractivity contribution in [2.45, 2.75) is 19.8 Å². The molecule has 1 unspecified atom stereocenters. The van der Waals surface area contributed by atoms with Gasteiger partial charge in [0.05, 0.1) is 5.92 Å². The lowest BCUT2D eigenvalue weighted by Gasteiger charge is -2.13. The van der Waals surface area contributed by atoms with E-state index in [9.17, 15) is 4.79 Å². The summed E-state index contributed by atoms with van der Waals surface area (Å²) in [6.45, 7) is 3.86. The van der Waals surface area contributed by atoms with Crippen LogP contribution in [0, 0.1) is 5.92 Å². The van der Waals surface area contributed by atoms with Gasteiger partial charge in [-0.2, -0.15) is 0 Å². The third kappa shape index (κ3) is 1.85. The predicted octanol–water partition coefficient (Wildman–Crippen LogP) is 2.57. The van der Waals surface area contributed by atoms with Gasteiger partial charge in [0, 0.05) is 4.88 Å². The molecule has 0 aliphatic heterocycles. The van der Waals surface area contributed by atoms with E-state index in [-0.39, 0.29) is 11.8 Å². The summed E-state index contributed by atoms with van der Waals surface area (Å²) in [7, 11) is 0. The van der Waals surface area contributed by atoms with Crippen LogP contribution in [0.3, 0.4) is 0 Å². The highest BCUT2D eigenvalue weighted by Gasteiger charge is 2.23. The molecule has 0 saturated carbocycles. The second-order valence-electron chi connectivity index (χ2n) is 3.08. The number of hydrogen-bond donors (Lipinski definition) is 1. The van der Waals surface area contributed by atoms with Crippen molar-refractivity contribution in [2.75, 3.05) is 0 Å². The van der Waals surface area contributed by atoms with E-state index in [4.69, 9.17) is 5.11 Å². The Morgan fingerprint density at radius 3 is 2.58 bits per heavy atom. The molecule has 1 N–H and O–H groups in total. The van der Waals surface area contributed by atoms with Crippen molar-refractivity contribution in [3.05, 3.63) is 22.4 Å². The van der Waals surface area contributed by atoms with Crippen LogP contribution in [0.4, 0.5) is 0 Å². The highest BCUT2D eigenvalue weighted by molar-refractivity contribution is 7.10. The molecule has 66 valence electrons. The van der Waals surface area contributed by atoms with Crippen LogP contribution in [0.15, 0.2) is 17.5 Å². The van der Waals surface area contributed by atoms with Gasteiger partial charge in [0.25, 0.3) is 0 Å². The third-order valence-corrected chi connectivity index (χ3v) is 2.74. The van der Waals surface area contributed by atoms with Gasteiger partial charge in [-0.3, -0.25) is 4.79 Å². The van der Waals surface area contributed by atoms with Crippen molar-refractivity contribution in [3.8, 4) is 0 Å². The molecule has 3 heteroatoms. The van der Waals surface area contributed by atoms with Crippen LogP contribution in [-0.2, 0) is 4.79 Å². The molecule has 1 aromatic rings. The SMILES string of the molecule is CC(C)C(C(=O)O)c1cccs1. The van der Waals surface area contributed by atoms with Crippen molar-refractivity contribution in [3.63, 3.8) is 0 Å². The highest BCUT2D eigenvalue weighted by Crippen LogP contribution is 2.28. The Hall–Kier alpha value is -0.830. The van der Waals surface area contributed by atoms with Gasteiger partial charge in [-0.05, 0) is 17.4 Å². The summed E-state index contributed by atoms with van der Waals surface area (Å²) in [5.74, 6) is -0.918.